The van der Waals surface area contributed by atoms with Gasteiger partial charge in [-0.25, -0.2) is 0 Å². The topological polar surface area (TPSA) is 57.2 Å². The summed E-state index contributed by atoms with van der Waals surface area (Å²) < 4.78 is 7.07. The predicted octanol–water partition coefficient (Wildman–Crippen LogP) is 2.16. The lowest BCUT2D eigenvalue weighted by Gasteiger charge is -2.11. The quantitative estimate of drug-likeness (QED) is 0.861. The highest BCUT2D eigenvalue weighted by Gasteiger charge is 2.05. The van der Waals surface area contributed by atoms with Crippen LogP contribution in [0, 0.1) is 0 Å². The maximum atomic E-state index is 11.5. The van der Waals surface area contributed by atoms with Crippen molar-refractivity contribution in [2.24, 2.45) is 0 Å². The average molecular weight is 265 g/mol. The van der Waals surface area contributed by atoms with Crippen LogP contribution in [0.5, 0.6) is 5.75 Å². The van der Waals surface area contributed by atoms with E-state index in [9.17, 15) is 4.79 Å². The molecule has 18 heavy (non-hydrogen) atoms. The zero-order valence-corrected chi connectivity index (χ0v) is 10.4. The molecule has 0 aliphatic carbocycles. The molecule has 4 nitrogen and oxygen atoms in total. The van der Waals surface area contributed by atoms with Crippen LogP contribution < -0.4 is 16.0 Å². The van der Waals surface area contributed by atoms with E-state index >= 15 is 0 Å². The lowest BCUT2D eigenvalue weighted by atomic mass is 10.3. The van der Waals surface area contributed by atoms with Gasteiger partial charge < -0.3 is 15.0 Å². The van der Waals surface area contributed by atoms with E-state index in [1.807, 2.05) is 0 Å². The number of anilines is 1. The van der Waals surface area contributed by atoms with Gasteiger partial charge >= 0.3 is 0 Å². The molecular formula is C13H13ClN2O2. The van der Waals surface area contributed by atoms with Gasteiger partial charge in [0.15, 0.2) is 5.75 Å². The van der Waals surface area contributed by atoms with Crippen LogP contribution in [0.1, 0.15) is 0 Å². The first-order chi connectivity index (χ1) is 8.68. The summed E-state index contributed by atoms with van der Waals surface area (Å²) in [5, 5.41) is 0.468. The molecule has 0 radical (unpaired) electrons. The van der Waals surface area contributed by atoms with Crippen LogP contribution in [0.2, 0.25) is 5.02 Å². The highest BCUT2D eigenvalue weighted by molar-refractivity contribution is 6.32. The number of benzene rings is 1. The van der Waals surface area contributed by atoms with Crippen molar-refractivity contribution in [2.75, 3.05) is 12.3 Å². The van der Waals surface area contributed by atoms with Gasteiger partial charge in [0.2, 0.25) is 0 Å². The Morgan fingerprint density at radius 1 is 1.22 bits per heavy atom. The van der Waals surface area contributed by atoms with Crippen molar-refractivity contribution >= 4 is 17.3 Å². The lowest BCUT2D eigenvalue weighted by molar-refractivity contribution is 0.298. The third-order valence-electron chi connectivity index (χ3n) is 2.48. The van der Waals surface area contributed by atoms with Crippen LogP contribution in [-0.4, -0.2) is 11.2 Å². The van der Waals surface area contributed by atoms with Crippen LogP contribution in [0.25, 0.3) is 0 Å². The molecule has 0 spiro atoms. The van der Waals surface area contributed by atoms with Crippen molar-refractivity contribution in [2.45, 2.75) is 6.54 Å². The number of hydrogen-bond donors (Lipinski definition) is 1. The molecule has 0 aliphatic heterocycles. The van der Waals surface area contributed by atoms with Crippen LogP contribution in [0.15, 0.2) is 47.4 Å². The summed E-state index contributed by atoms with van der Waals surface area (Å²) in [6, 6.07) is 10.2. The molecule has 1 aromatic heterocycles. The van der Waals surface area contributed by atoms with Gasteiger partial charge in [0.05, 0.1) is 17.3 Å². The van der Waals surface area contributed by atoms with E-state index in [0.717, 1.165) is 0 Å². The van der Waals surface area contributed by atoms with Gasteiger partial charge in [0, 0.05) is 12.3 Å². The van der Waals surface area contributed by atoms with Crippen LogP contribution in [0.4, 0.5) is 5.69 Å². The largest absolute Gasteiger partial charge is 0.488 e. The minimum absolute atomic E-state index is 0.0618. The summed E-state index contributed by atoms with van der Waals surface area (Å²) in [7, 11) is 0. The Hall–Kier alpha value is -1.94. The SMILES string of the molecule is Nc1cccc(Cl)c1OCCn1ccccc1=O. The molecular weight excluding hydrogens is 252 g/mol. The Labute approximate surface area is 110 Å². The van der Waals surface area contributed by atoms with Crippen LogP contribution >= 0.6 is 11.6 Å². The summed E-state index contributed by atoms with van der Waals surface area (Å²) in [5.74, 6) is 0.461. The first-order valence-electron chi connectivity index (χ1n) is 5.51. The molecule has 0 bridgehead atoms. The molecule has 94 valence electrons. The predicted molar refractivity (Wildman–Crippen MR) is 72.1 cm³/mol. The Morgan fingerprint density at radius 2 is 2.06 bits per heavy atom. The maximum Gasteiger partial charge on any atom is 0.250 e. The van der Waals surface area contributed by atoms with Gasteiger partial charge in [-0.05, 0) is 18.2 Å². The number of halogens is 1. The Bertz CT molecular complexity index is 575. The number of ether oxygens (including phenoxy) is 1. The second-order valence-electron chi connectivity index (χ2n) is 3.74. The van der Waals surface area contributed by atoms with Crippen molar-refractivity contribution in [3.05, 3.63) is 58.0 Å². The minimum Gasteiger partial charge on any atom is -0.488 e. The lowest BCUT2D eigenvalue weighted by Crippen LogP contribution is -2.21. The van der Waals surface area contributed by atoms with Crippen molar-refractivity contribution in [1.82, 2.24) is 4.57 Å². The highest BCUT2D eigenvalue weighted by Crippen LogP contribution is 2.30. The second-order valence-corrected chi connectivity index (χ2v) is 4.15. The smallest absolute Gasteiger partial charge is 0.250 e. The highest BCUT2D eigenvalue weighted by atomic mass is 35.5. The third kappa shape index (κ3) is 2.84. The van der Waals surface area contributed by atoms with Gasteiger partial charge in [0.1, 0.15) is 6.61 Å². The summed E-state index contributed by atoms with van der Waals surface area (Å²) >= 11 is 5.97. The first kappa shape index (κ1) is 12.5. The maximum absolute atomic E-state index is 11.5. The van der Waals surface area contributed by atoms with Gasteiger partial charge in [-0.1, -0.05) is 23.7 Å². The van der Waals surface area contributed by atoms with Crippen molar-refractivity contribution in [3.8, 4) is 5.75 Å². The number of pyridine rings is 1. The number of aromatic nitrogens is 1. The monoisotopic (exact) mass is 264 g/mol. The molecule has 0 aliphatic rings. The number of nitrogens with zero attached hydrogens (tertiary/aromatic N) is 1. The molecule has 2 rings (SSSR count). The number of para-hydroxylation sites is 1. The molecule has 0 unspecified atom stereocenters. The summed E-state index contributed by atoms with van der Waals surface area (Å²) in [4.78, 5) is 11.5. The van der Waals surface area contributed by atoms with Crippen molar-refractivity contribution < 1.29 is 4.74 Å². The Morgan fingerprint density at radius 3 is 2.78 bits per heavy atom. The molecule has 1 aromatic carbocycles. The second kappa shape index (κ2) is 5.60. The van der Waals surface area contributed by atoms with Gasteiger partial charge in [-0.2, -0.15) is 0 Å². The van der Waals surface area contributed by atoms with E-state index in [2.05, 4.69) is 0 Å². The van der Waals surface area contributed by atoms with E-state index in [1.165, 1.54) is 6.07 Å². The molecule has 0 atom stereocenters. The Balaban J connectivity index is 2.01. The summed E-state index contributed by atoms with van der Waals surface area (Å²) in [5.41, 5.74) is 6.18. The number of nitrogens with two attached hydrogens (primary N) is 1. The fourth-order valence-electron chi connectivity index (χ4n) is 1.57. The fraction of sp³-hybridized carbons (Fsp3) is 0.154. The first-order valence-corrected chi connectivity index (χ1v) is 5.88. The van der Waals surface area contributed by atoms with E-state index in [1.54, 1.807) is 41.1 Å². The number of nitrogen functional groups attached to an aromatic ring is 1. The molecule has 5 heteroatoms. The average Bonchev–Trinajstić information content (AvgIpc) is 2.35. The van der Waals surface area contributed by atoms with Crippen LogP contribution in [0.3, 0.4) is 0 Å². The third-order valence-corrected chi connectivity index (χ3v) is 2.77. The Kier molecular flexibility index (Phi) is 3.89. The molecule has 1 heterocycles. The van der Waals surface area contributed by atoms with Gasteiger partial charge in [-0.15, -0.1) is 0 Å². The normalized spacial score (nSPS) is 10.3. The fourth-order valence-corrected chi connectivity index (χ4v) is 1.81. The zero-order valence-electron chi connectivity index (χ0n) is 9.67. The van der Waals surface area contributed by atoms with E-state index in [4.69, 9.17) is 22.1 Å². The van der Waals surface area contributed by atoms with Gasteiger partial charge in [0.25, 0.3) is 5.56 Å². The van der Waals surface area contributed by atoms with Crippen LogP contribution in [-0.2, 0) is 6.54 Å². The molecule has 0 fully saturated rings. The number of hydrogen-bond acceptors (Lipinski definition) is 3. The van der Waals surface area contributed by atoms with Crippen molar-refractivity contribution in [1.29, 1.82) is 0 Å². The van der Waals surface area contributed by atoms with E-state index < -0.39 is 0 Å². The van der Waals surface area contributed by atoms with E-state index in [-0.39, 0.29) is 5.56 Å². The molecule has 0 saturated heterocycles. The zero-order chi connectivity index (χ0) is 13.0. The molecule has 2 N–H and O–H groups in total. The summed E-state index contributed by atoms with van der Waals surface area (Å²) in [6.07, 6.45) is 1.71. The molecule has 2 aromatic rings. The standard InChI is InChI=1S/C13H13ClN2O2/c14-10-4-3-5-11(15)13(10)18-9-8-16-7-2-1-6-12(16)17/h1-7H,8-9,15H2. The minimum atomic E-state index is -0.0618. The van der Waals surface area contributed by atoms with E-state index in [0.29, 0.717) is 29.6 Å². The summed E-state index contributed by atoms with van der Waals surface area (Å²) in [6.45, 7) is 0.780. The van der Waals surface area contributed by atoms with Gasteiger partial charge in [-0.3, -0.25) is 4.79 Å². The molecule has 0 amide bonds. The number of rotatable bonds is 4. The van der Waals surface area contributed by atoms with Crippen molar-refractivity contribution in [3.63, 3.8) is 0 Å². The molecule has 0 saturated carbocycles.